The fourth-order valence-corrected chi connectivity index (χ4v) is 2.21. The van der Waals surface area contributed by atoms with Gasteiger partial charge in [-0.25, -0.2) is 0 Å². The predicted octanol–water partition coefficient (Wildman–Crippen LogP) is 3.37. The monoisotopic (exact) mass is 249 g/mol. The van der Waals surface area contributed by atoms with Crippen molar-refractivity contribution in [2.24, 2.45) is 0 Å². The molecule has 3 heteroatoms. The Morgan fingerprint density at radius 2 is 1.74 bits per heavy atom. The lowest BCUT2D eigenvalue weighted by Gasteiger charge is -2.04. The van der Waals surface area contributed by atoms with E-state index in [9.17, 15) is 0 Å². The van der Waals surface area contributed by atoms with Crippen molar-refractivity contribution in [3.63, 3.8) is 0 Å². The summed E-state index contributed by atoms with van der Waals surface area (Å²) in [7, 11) is 0. The zero-order valence-corrected chi connectivity index (χ0v) is 10.8. The van der Waals surface area contributed by atoms with E-state index in [0.717, 1.165) is 23.4 Å². The van der Waals surface area contributed by atoms with E-state index >= 15 is 0 Å². The molecule has 0 amide bonds. The van der Waals surface area contributed by atoms with Crippen LogP contribution in [0.3, 0.4) is 0 Å². The van der Waals surface area contributed by atoms with E-state index in [4.69, 9.17) is 0 Å². The molecule has 1 aromatic carbocycles. The van der Waals surface area contributed by atoms with Gasteiger partial charge in [-0.05, 0) is 24.6 Å². The highest BCUT2D eigenvalue weighted by atomic mass is 15.1. The first-order valence-electron chi connectivity index (χ1n) is 6.33. The van der Waals surface area contributed by atoms with Crippen molar-refractivity contribution in [3.8, 4) is 11.3 Å². The summed E-state index contributed by atoms with van der Waals surface area (Å²) in [6, 6.07) is 14.4. The number of H-pyrrole nitrogens is 1. The Morgan fingerprint density at radius 3 is 2.47 bits per heavy atom. The van der Waals surface area contributed by atoms with Crippen LogP contribution in [-0.4, -0.2) is 15.2 Å². The molecule has 0 radical (unpaired) electrons. The maximum absolute atomic E-state index is 4.44. The van der Waals surface area contributed by atoms with Crippen LogP contribution in [-0.2, 0) is 6.42 Å². The minimum Gasteiger partial charge on any atom is -0.282 e. The molecule has 0 aliphatic rings. The largest absolute Gasteiger partial charge is 0.282 e. The summed E-state index contributed by atoms with van der Waals surface area (Å²) in [5.74, 6) is 0. The van der Waals surface area contributed by atoms with Crippen LogP contribution in [0.25, 0.3) is 11.3 Å². The van der Waals surface area contributed by atoms with Gasteiger partial charge in [0.15, 0.2) is 0 Å². The van der Waals surface area contributed by atoms with Crippen LogP contribution in [0.15, 0.2) is 54.9 Å². The molecule has 3 rings (SSSR count). The van der Waals surface area contributed by atoms with Gasteiger partial charge < -0.3 is 0 Å². The standard InChI is InChI=1S/C16H15N3/c1-12-15(11-13-7-9-17-10-8-13)16(19-18-12)14-5-3-2-4-6-14/h2-10H,11H2,1H3,(H,18,19). The van der Waals surface area contributed by atoms with Gasteiger partial charge in [-0.2, -0.15) is 5.10 Å². The smallest absolute Gasteiger partial charge is 0.0958 e. The van der Waals surface area contributed by atoms with E-state index in [1.54, 1.807) is 0 Å². The first-order chi connectivity index (χ1) is 9.34. The predicted molar refractivity (Wildman–Crippen MR) is 75.8 cm³/mol. The quantitative estimate of drug-likeness (QED) is 0.773. The second-order valence-corrected chi connectivity index (χ2v) is 4.57. The zero-order chi connectivity index (χ0) is 13.1. The van der Waals surface area contributed by atoms with Crippen LogP contribution in [0.1, 0.15) is 16.8 Å². The number of hydrogen-bond acceptors (Lipinski definition) is 2. The van der Waals surface area contributed by atoms with Crippen molar-refractivity contribution in [2.45, 2.75) is 13.3 Å². The maximum atomic E-state index is 4.44. The van der Waals surface area contributed by atoms with Crippen LogP contribution < -0.4 is 0 Å². The van der Waals surface area contributed by atoms with Crippen molar-refractivity contribution in [1.29, 1.82) is 0 Å². The third-order valence-corrected chi connectivity index (χ3v) is 3.25. The van der Waals surface area contributed by atoms with E-state index in [1.807, 2.05) is 42.7 Å². The lowest BCUT2D eigenvalue weighted by Crippen LogP contribution is -1.92. The Balaban J connectivity index is 2.00. The van der Waals surface area contributed by atoms with Gasteiger partial charge in [0.25, 0.3) is 0 Å². The Bertz CT molecular complexity index is 657. The van der Waals surface area contributed by atoms with Crippen LogP contribution in [0.2, 0.25) is 0 Å². The van der Waals surface area contributed by atoms with Gasteiger partial charge in [-0.3, -0.25) is 10.1 Å². The van der Waals surface area contributed by atoms with E-state index < -0.39 is 0 Å². The first kappa shape index (κ1) is 11.7. The number of pyridine rings is 1. The topological polar surface area (TPSA) is 41.6 Å². The number of rotatable bonds is 3. The molecule has 0 saturated carbocycles. The van der Waals surface area contributed by atoms with Crippen LogP contribution in [0.5, 0.6) is 0 Å². The molecule has 0 atom stereocenters. The molecule has 0 aliphatic carbocycles. The van der Waals surface area contributed by atoms with E-state index in [2.05, 4.69) is 34.2 Å². The molecule has 0 spiro atoms. The third-order valence-electron chi connectivity index (χ3n) is 3.25. The molecular weight excluding hydrogens is 234 g/mol. The second kappa shape index (κ2) is 5.06. The summed E-state index contributed by atoms with van der Waals surface area (Å²) in [6.07, 6.45) is 4.52. The zero-order valence-electron chi connectivity index (χ0n) is 10.8. The number of aryl methyl sites for hydroxylation is 1. The minimum atomic E-state index is 0.870. The molecule has 3 aromatic rings. The van der Waals surface area contributed by atoms with Gasteiger partial charge in [-0.1, -0.05) is 30.3 Å². The SMILES string of the molecule is Cc1[nH]nc(-c2ccccc2)c1Cc1ccncc1. The summed E-state index contributed by atoms with van der Waals surface area (Å²) in [5.41, 5.74) is 5.80. The van der Waals surface area contributed by atoms with E-state index in [-0.39, 0.29) is 0 Å². The molecule has 1 N–H and O–H groups in total. The first-order valence-corrected chi connectivity index (χ1v) is 6.33. The number of hydrogen-bond donors (Lipinski definition) is 1. The third kappa shape index (κ3) is 2.40. The molecule has 0 saturated heterocycles. The average Bonchev–Trinajstić information content (AvgIpc) is 2.82. The highest BCUT2D eigenvalue weighted by Gasteiger charge is 2.12. The number of aromatic amines is 1. The lowest BCUT2D eigenvalue weighted by molar-refractivity contribution is 1.04. The molecule has 2 heterocycles. The highest BCUT2D eigenvalue weighted by molar-refractivity contribution is 5.64. The van der Waals surface area contributed by atoms with Gasteiger partial charge in [0, 0.05) is 35.6 Å². The fourth-order valence-electron chi connectivity index (χ4n) is 2.21. The average molecular weight is 249 g/mol. The molecular formula is C16H15N3. The fraction of sp³-hybridized carbons (Fsp3) is 0.125. The van der Waals surface area contributed by atoms with Crippen LogP contribution in [0.4, 0.5) is 0 Å². The summed E-state index contributed by atoms with van der Waals surface area (Å²) in [5, 5.41) is 7.53. The molecule has 0 bridgehead atoms. The van der Waals surface area contributed by atoms with Gasteiger partial charge in [0.2, 0.25) is 0 Å². The normalized spacial score (nSPS) is 10.6. The summed E-state index contributed by atoms with van der Waals surface area (Å²) in [4.78, 5) is 4.05. The van der Waals surface area contributed by atoms with Crippen molar-refractivity contribution >= 4 is 0 Å². The van der Waals surface area contributed by atoms with E-state index in [0.29, 0.717) is 0 Å². The van der Waals surface area contributed by atoms with Crippen molar-refractivity contribution in [3.05, 3.63) is 71.7 Å². The minimum absolute atomic E-state index is 0.870. The van der Waals surface area contributed by atoms with Gasteiger partial charge >= 0.3 is 0 Å². The Kier molecular flexibility index (Phi) is 3.11. The molecule has 19 heavy (non-hydrogen) atoms. The Hall–Kier alpha value is -2.42. The molecule has 0 unspecified atom stereocenters. The molecule has 0 fully saturated rings. The number of nitrogens with one attached hydrogen (secondary N) is 1. The van der Waals surface area contributed by atoms with Crippen LogP contribution >= 0.6 is 0 Å². The highest BCUT2D eigenvalue weighted by Crippen LogP contribution is 2.25. The van der Waals surface area contributed by atoms with Crippen molar-refractivity contribution in [1.82, 2.24) is 15.2 Å². The van der Waals surface area contributed by atoms with Gasteiger partial charge in [0.05, 0.1) is 5.69 Å². The van der Waals surface area contributed by atoms with Crippen molar-refractivity contribution < 1.29 is 0 Å². The number of nitrogens with zero attached hydrogens (tertiary/aromatic N) is 2. The Labute approximate surface area is 112 Å². The second-order valence-electron chi connectivity index (χ2n) is 4.57. The maximum Gasteiger partial charge on any atom is 0.0958 e. The lowest BCUT2D eigenvalue weighted by atomic mass is 10.00. The summed E-state index contributed by atoms with van der Waals surface area (Å²) in [6.45, 7) is 2.07. The summed E-state index contributed by atoms with van der Waals surface area (Å²) >= 11 is 0. The molecule has 94 valence electrons. The van der Waals surface area contributed by atoms with Gasteiger partial charge in [-0.15, -0.1) is 0 Å². The Morgan fingerprint density at radius 1 is 1.00 bits per heavy atom. The van der Waals surface area contributed by atoms with E-state index in [1.165, 1.54) is 11.1 Å². The van der Waals surface area contributed by atoms with Gasteiger partial charge in [0.1, 0.15) is 0 Å². The molecule has 2 aromatic heterocycles. The van der Waals surface area contributed by atoms with Crippen LogP contribution in [0, 0.1) is 6.92 Å². The van der Waals surface area contributed by atoms with Crippen molar-refractivity contribution in [2.75, 3.05) is 0 Å². The number of benzene rings is 1. The molecule has 3 nitrogen and oxygen atoms in total. The molecule has 0 aliphatic heterocycles. The summed E-state index contributed by atoms with van der Waals surface area (Å²) < 4.78 is 0. The number of aromatic nitrogens is 3.